The predicted octanol–water partition coefficient (Wildman–Crippen LogP) is 2.18. The van der Waals surface area contributed by atoms with E-state index < -0.39 is 0 Å². The van der Waals surface area contributed by atoms with Crippen LogP contribution >= 0.6 is 0 Å². The van der Waals surface area contributed by atoms with Crippen LogP contribution in [0.25, 0.3) is 0 Å². The van der Waals surface area contributed by atoms with E-state index in [-0.39, 0.29) is 0 Å². The molecule has 2 aliphatic rings. The number of nitrogens with one attached hydrogen (secondary N) is 1. The molecule has 0 radical (unpaired) electrons. The summed E-state index contributed by atoms with van der Waals surface area (Å²) in [5.41, 5.74) is 3.80. The number of hydrogen-bond donors (Lipinski definition) is 1. The molecule has 4 heteroatoms. The molecule has 3 rings (SSSR count). The largest absolute Gasteiger partial charge is 0.374 e. The van der Waals surface area contributed by atoms with E-state index in [0.29, 0.717) is 13.2 Å². The van der Waals surface area contributed by atoms with Gasteiger partial charge >= 0.3 is 0 Å². The Morgan fingerprint density at radius 1 is 1.25 bits per heavy atom. The van der Waals surface area contributed by atoms with E-state index in [4.69, 9.17) is 9.72 Å². The number of aromatic nitrogens is 2. The van der Waals surface area contributed by atoms with Gasteiger partial charge in [-0.1, -0.05) is 0 Å². The summed E-state index contributed by atoms with van der Waals surface area (Å²) in [5.74, 6) is 1.60. The van der Waals surface area contributed by atoms with Gasteiger partial charge in [0.2, 0.25) is 0 Å². The van der Waals surface area contributed by atoms with E-state index >= 15 is 0 Å². The van der Waals surface area contributed by atoms with Crippen LogP contribution in [0.2, 0.25) is 0 Å². The van der Waals surface area contributed by atoms with Crippen LogP contribution in [0.4, 0.5) is 0 Å². The molecule has 0 bridgehead atoms. The summed E-state index contributed by atoms with van der Waals surface area (Å²) in [6, 6.07) is 0.808. The Kier molecular flexibility index (Phi) is 4.32. The Hall–Kier alpha value is -1.00. The molecule has 4 nitrogen and oxygen atoms in total. The van der Waals surface area contributed by atoms with E-state index in [1.807, 2.05) is 6.92 Å². The average Bonchev–Trinajstić information content (AvgIpc) is 3.27. The lowest BCUT2D eigenvalue weighted by Gasteiger charge is -2.25. The molecule has 0 saturated heterocycles. The van der Waals surface area contributed by atoms with Crippen LogP contribution in [0.15, 0.2) is 0 Å². The summed E-state index contributed by atoms with van der Waals surface area (Å²) in [6.07, 6.45) is 6.21. The minimum Gasteiger partial charge on any atom is -0.374 e. The second kappa shape index (κ2) is 6.19. The Morgan fingerprint density at radius 3 is 2.85 bits per heavy atom. The van der Waals surface area contributed by atoms with Crippen LogP contribution in [0, 0.1) is 12.8 Å². The maximum atomic E-state index is 5.42. The third-order valence-electron chi connectivity index (χ3n) is 4.34. The summed E-state index contributed by atoms with van der Waals surface area (Å²) >= 11 is 0. The first-order valence-electron chi connectivity index (χ1n) is 7.92. The highest BCUT2D eigenvalue weighted by Gasteiger charge is 2.26. The number of rotatable bonds is 6. The Bertz CT molecular complexity index is 471. The van der Waals surface area contributed by atoms with Gasteiger partial charge in [-0.2, -0.15) is 0 Å². The van der Waals surface area contributed by atoms with Gasteiger partial charge in [-0.25, -0.2) is 9.97 Å². The first kappa shape index (κ1) is 14.0. The van der Waals surface area contributed by atoms with Crippen LogP contribution in [0.5, 0.6) is 0 Å². The Balaban J connectivity index is 1.65. The minimum absolute atomic E-state index is 0.539. The van der Waals surface area contributed by atoms with Gasteiger partial charge in [0.25, 0.3) is 0 Å². The molecule has 0 spiro atoms. The fraction of sp³-hybridized carbons (Fsp3) is 0.750. The number of ether oxygens (including phenoxy) is 1. The van der Waals surface area contributed by atoms with Gasteiger partial charge < -0.3 is 10.1 Å². The molecule has 1 heterocycles. The number of aryl methyl sites for hydroxylation is 2. The molecule has 1 N–H and O–H groups in total. The van der Waals surface area contributed by atoms with Crippen molar-refractivity contribution in [2.75, 3.05) is 13.2 Å². The number of fused-ring (bicyclic) bond motifs is 1. The van der Waals surface area contributed by atoms with Gasteiger partial charge in [-0.15, -0.1) is 0 Å². The van der Waals surface area contributed by atoms with Crippen LogP contribution in [0.3, 0.4) is 0 Å². The van der Waals surface area contributed by atoms with Crippen LogP contribution in [0.1, 0.15) is 49.0 Å². The maximum Gasteiger partial charge on any atom is 0.154 e. The van der Waals surface area contributed by atoms with Crippen molar-refractivity contribution in [3.63, 3.8) is 0 Å². The lowest BCUT2D eigenvalue weighted by atomic mass is 9.85. The predicted molar refractivity (Wildman–Crippen MR) is 78.6 cm³/mol. The van der Waals surface area contributed by atoms with Crippen molar-refractivity contribution in [2.24, 2.45) is 5.92 Å². The summed E-state index contributed by atoms with van der Waals surface area (Å²) in [6.45, 7) is 6.53. The van der Waals surface area contributed by atoms with Gasteiger partial charge in [0.05, 0.1) is 0 Å². The summed E-state index contributed by atoms with van der Waals surface area (Å²) in [4.78, 5) is 9.31. The minimum atomic E-state index is 0.539. The second-order valence-electron chi connectivity index (χ2n) is 6.08. The van der Waals surface area contributed by atoms with Gasteiger partial charge in [-0.05, 0) is 64.0 Å². The van der Waals surface area contributed by atoms with E-state index in [2.05, 4.69) is 17.2 Å². The van der Waals surface area contributed by atoms with E-state index in [9.17, 15) is 0 Å². The van der Waals surface area contributed by atoms with Crippen LogP contribution in [-0.4, -0.2) is 29.2 Å². The van der Waals surface area contributed by atoms with Crippen LogP contribution < -0.4 is 5.32 Å². The Labute approximate surface area is 121 Å². The van der Waals surface area contributed by atoms with Gasteiger partial charge in [0.15, 0.2) is 5.82 Å². The third kappa shape index (κ3) is 3.36. The molecule has 1 unspecified atom stereocenters. The smallest absolute Gasteiger partial charge is 0.154 e. The van der Waals surface area contributed by atoms with Crippen molar-refractivity contribution < 1.29 is 4.74 Å². The zero-order valence-corrected chi connectivity index (χ0v) is 12.6. The van der Waals surface area contributed by atoms with Crippen LogP contribution in [-0.2, 0) is 24.2 Å². The topological polar surface area (TPSA) is 47.0 Å². The molecule has 0 aromatic carbocycles. The normalized spacial score (nSPS) is 21.8. The van der Waals surface area contributed by atoms with Crippen molar-refractivity contribution >= 4 is 0 Å². The van der Waals surface area contributed by atoms with E-state index in [0.717, 1.165) is 42.9 Å². The van der Waals surface area contributed by atoms with Crippen molar-refractivity contribution in [1.82, 2.24) is 15.3 Å². The molecule has 1 atom stereocenters. The number of nitrogens with zero attached hydrogens (tertiary/aromatic N) is 2. The molecule has 2 aliphatic carbocycles. The zero-order valence-electron chi connectivity index (χ0n) is 12.6. The first-order valence-corrected chi connectivity index (χ1v) is 7.92. The summed E-state index contributed by atoms with van der Waals surface area (Å²) < 4.78 is 5.42. The summed E-state index contributed by atoms with van der Waals surface area (Å²) in [5, 5.41) is 3.66. The van der Waals surface area contributed by atoms with Crippen molar-refractivity contribution in [1.29, 1.82) is 0 Å². The molecule has 1 aromatic heterocycles. The second-order valence-corrected chi connectivity index (χ2v) is 6.08. The van der Waals surface area contributed by atoms with Gasteiger partial charge in [0, 0.05) is 24.0 Å². The van der Waals surface area contributed by atoms with E-state index in [1.165, 1.54) is 30.5 Å². The van der Waals surface area contributed by atoms with Gasteiger partial charge in [0.1, 0.15) is 6.61 Å². The SMILES string of the molecule is CCOCc1nc(C)c2c(n1)CCC(CNC1CC1)C2. The zero-order chi connectivity index (χ0) is 13.9. The quantitative estimate of drug-likeness (QED) is 0.864. The molecule has 20 heavy (non-hydrogen) atoms. The Morgan fingerprint density at radius 2 is 2.10 bits per heavy atom. The lowest BCUT2D eigenvalue weighted by Crippen LogP contribution is -2.29. The average molecular weight is 275 g/mol. The highest BCUT2D eigenvalue weighted by atomic mass is 16.5. The molecular formula is C16H25N3O. The third-order valence-corrected chi connectivity index (χ3v) is 4.34. The first-order chi connectivity index (χ1) is 9.76. The van der Waals surface area contributed by atoms with Gasteiger partial charge in [-0.3, -0.25) is 0 Å². The number of hydrogen-bond acceptors (Lipinski definition) is 4. The maximum absolute atomic E-state index is 5.42. The molecule has 1 aromatic rings. The lowest BCUT2D eigenvalue weighted by molar-refractivity contribution is 0.128. The molecule has 0 aliphatic heterocycles. The molecule has 110 valence electrons. The molecule has 1 saturated carbocycles. The van der Waals surface area contributed by atoms with Crippen molar-refractivity contribution in [3.8, 4) is 0 Å². The fourth-order valence-electron chi connectivity index (χ4n) is 2.97. The molecular weight excluding hydrogens is 250 g/mol. The highest BCUT2D eigenvalue weighted by Crippen LogP contribution is 2.27. The van der Waals surface area contributed by atoms with E-state index in [1.54, 1.807) is 0 Å². The standard InChI is InChI=1S/C16H25N3O/c1-3-20-10-16-18-11(2)14-8-12(4-7-15(14)19-16)9-17-13-5-6-13/h12-13,17H,3-10H2,1-2H3. The molecule has 1 fully saturated rings. The summed E-state index contributed by atoms with van der Waals surface area (Å²) in [7, 11) is 0. The van der Waals surface area contributed by atoms with Crippen molar-refractivity contribution in [3.05, 3.63) is 22.8 Å². The fourth-order valence-corrected chi connectivity index (χ4v) is 2.97. The molecule has 0 amide bonds. The highest BCUT2D eigenvalue weighted by molar-refractivity contribution is 5.28. The van der Waals surface area contributed by atoms with Crippen molar-refractivity contribution in [2.45, 2.75) is 58.6 Å². The monoisotopic (exact) mass is 275 g/mol.